The average Bonchev–Trinajstić information content (AvgIpc) is 2.93. The minimum Gasteiger partial charge on any atom is -0.474 e. The van der Waals surface area contributed by atoms with Crippen molar-refractivity contribution >= 4 is 6.09 Å². The summed E-state index contributed by atoms with van der Waals surface area (Å²) in [6.07, 6.45) is 3.41. The van der Waals surface area contributed by atoms with Crippen molar-refractivity contribution in [2.24, 2.45) is 0 Å². The van der Waals surface area contributed by atoms with Gasteiger partial charge in [0.15, 0.2) is 6.10 Å². The number of ether oxygens (including phenoxy) is 2. The lowest BCUT2D eigenvalue weighted by molar-refractivity contribution is -0.137. The topological polar surface area (TPSA) is 51.7 Å². The molecule has 1 aliphatic heterocycles. The molecule has 3 rings (SSSR count). The minimum atomic E-state index is -4.43. The summed E-state index contributed by atoms with van der Waals surface area (Å²) >= 11 is 0. The molecule has 26 heavy (non-hydrogen) atoms. The van der Waals surface area contributed by atoms with Crippen LogP contribution in [0.2, 0.25) is 0 Å². The van der Waals surface area contributed by atoms with Gasteiger partial charge in [0.1, 0.15) is 6.61 Å². The van der Waals surface area contributed by atoms with Crippen molar-refractivity contribution in [2.75, 3.05) is 13.2 Å². The van der Waals surface area contributed by atoms with Crippen LogP contribution in [0.15, 0.2) is 18.3 Å². The van der Waals surface area contributed by atoms with E-state index in [2.05, 4.69) is 4.98 Å². The first kappa shape index (κ1) is 18.8. The van der Waals surface area contributed by atoms with Crippen LogP contribution in [0.25, 0.3) is 0 Å². The summed E-state index contributed by atoms with van der Waals surface area (Å²) in [7, 11) is 0. The summed E-state index contributed by atoms with van der Waals surface area (Å²) in [5.74, 6) is 0.0819. The highest BCUT2D eigenvalue weighted by molar-refractivity contribution is 5.70. The van der Waals surface area contributed by atoms with Crippen molar-refractivity contribution < 1.29 is 27.4 Å². The van der Waals surface area contributed by atoms with Crippen LogP contribution in [0.4, 0.5) is 18.0 Å². The fraction of sp³-hybridized carbons (Fsp3) is 0.667. The van der Waals surface area contributed by atoms with E-state index in [1.807, 2.05) is 0 Å². The molecule has 1 aliphatic carbocycles. The molecule has 5 nitrogen and oxygen atoms in total. The number of halogens is 3. The zero-order valence-corrected chi connectivity index (χ0v) is 14.5. The quantitative estimate of drug-likeness (QED) is 0.785. The number of nitrogens with zero attached hydrogens (tertiary/aromatic N) is 2. The van der Waals surface area contributed by atoms with E-state index in [4.69, 9.17) is 9.47 Å². The first-order valence-electron chi connectivity index (χ1n) is 9.07. The first-order valence-corrected chi connectivity index (χ1v) is 9.07. The Morgan fingerprint density at radius 3 is 2.46 bits per heavy atom. The average molecular weight is 372 g/mol. The van der Waals surface area contributed by atoms with Crippen molar-refractivity contribution in [2.45, 2.75) is 63.3 Å². The monoisotopic (exact) mass is 372 g/mol. The zero-order valence-electron chi connectivity index (χ0n) is 14.5. The van der Waals surface area contributed by atoms with Crippen LogP contribution in [0.1, 0.15) is 50.5 Å². The van der Waals surface area contributed by atoms with Crippen LogP contribution in [0, 0.1) is 0 Å². The highest BCUT2D eigenvalue weighted by Crippen LogP contribution is 2.29. The van der Waals surface area contributed by atoms with Crippen molar-refractivity contribution in [3.63, 3.8) is 0 Å². The van der Waals surface area contributed by atoms with Gasteiger partial charge in [-0.2, -0.15) is 13.2 Å². The van der Waals surface area contributed by atoms with E-state index in [0.717, 1.165) is 37.9 Å². The fourth-order valence-corrected chi connectivity index (χ4v) is 3.48. The Morgan fingerprint density at radius 1 is 1.15 bits per heavy atom. The summed E-state index contributed by atoms with van der Waals surface area (Å²) in [6.45, 7) is 0.525. The SMILES string of the molecule is O=C1O[C@@H](COc2ccc(C(F)(F)F)cn2)CN1C1CCCCCCC1. The lowest BCUT2D eigenvalue weighted by Crippen LogP contribution is -2.37. The van der Waals surface area contributed by atoms with Gasteiger partial charge >= 0.3 is 12.3 Å². The molecule has 0 aromatic carbocycles. The maximum absolute atomic E-state index is 12.5. The van der Waals surface area contributed by atoms with Gasteiger partial charge in [0.05, 0.1) is 12.1 Å². The lowest BCUT2D eigenvalue weighted by Gasteiger charge is -2.27. The molecule has 0 radical (unpaired) electrons. The number of carbonyl (C=O) groups excluding carboxylic acids is 1. The van der Waals surface area contributed by atoms with Crippen molar-refractivity contribution in [1.82, 2.24) is 9.88 Å². The molecule has 1 saturated heterocycles. The smallest absolute Gasteiger partial charge is 0.417 e. The molecule has 0 bridgehead atoms. The second kappa shape index (κ2) is 8.14. The molecule has 2 heterocycles. The third-order valence-electron chi connectivity index (χ3n) is 4.90. The first-order chi connectivity index (χ1) is 12.4. The number of rotatable bonds is 4. The van der Waals surface area contributed by atoms with Gasteiger partial charge in [-0.3, -0.25) is 0 Å². The van der Waals surface area contributed by atoms with Gasteiger partial charge in [-0.1, -0.05) is 32.1 Å². The Balaban J connectivity index is 1.51. The molecule has 2 aliphatic rings. The third kappa shape index (κ3) is 4.80. The molecule has 0 spiro atoms. The minimum absolute atomic E-state index is 0.0767. The predicted molar refractivity (Wildman–Crippen MR) is 87.8 cm³/mol. The van der Waals surface area contributed by atoms with E-state index >= 15 is 0 Å². The maximum atomic E-state index is 12.5. The summed E-state index contributed by atoms with van der Waals surface area (Å²) in [4.78, 5) is 17.6. The Kier molecular flexibility index (Phi) is 5.88. The number of alkyl halides is 3. The Morgan fingerprint density at radius 2 is 1.85 bits per heavy atom. The molecule has 8 heteroatoms. The molecule has 2 fully saturated rings. The molecule has 1 atom stereocenters. The van der Waals surface area contributed by atoms with Crippen LogP contribution in [0.5, 0.6) is 5.88 Å². The number of pyridine rings is 1. The number of cyclic esters (lactones) is 1. The van der Waals surface area contributed by atoms with Crippen molar-refractivity contribution in [3.8, 4) is 5.88 Å². The number of hydrogen-bond acceptors (Lipinski definition) is 4. The van der Waals surface area contributed by atoms with E-state index in [0.29, 0.717) is 6.54 Å². The summed E-state index contributed by atoms with van der Waals surface area (Å²) < 4.78 is 48.3. The van der Waals surface area contributed by atoms with E-state index in [-0.39, 0.29) is 24.6 Å². The van der Waals surface area contributed by atoms with Crippen molar-refractivity contribution in [1.29, 1.82) is 0 Å². The van der Waals surface area contributed by atoms with Gasteiger partial charge < -0.3 is 14.4 Å². The second-order valence-electron chi connectivity index (χ2n) is 6.85. The Bertz CT molecular complexity index is 599. The highest BCUT2D eigenvalue weighted by Gasteiger charge is 2.36. The van der Waals surface area contributed by atoms with Gasteiger partial charge in [0.2, 0.25) is 5.88 Å². The lowest BCUT2D eigenvalue weighted by atomic mass is 9.96. The molecule has 1 saturated carbocycles. The third-order valence-corrected chi connectivity index (χ3v) is 4.90. The van der Waals surface area contributed by atoms with Gasteiger partial charge in [-0.25, -0.2) is 9.78 Å². The zero-order chi connectivity index (χ0) is 18.6. The molecule has 144 valence electrons. The van der Waals surface area contributed by atoms with Crippen molar-refractivity contribution in [3.05, 3.63) is 23.9 Å². The van der Waals surface area contributed by atoms with E-state index in [9.17, 15) is 18.0 Å². The van der Waals surface area contributed by atoms with E-state index < -0.39 is 17.8 Å². The normalized spacial score (nSPS) is 22.7. The number of amides is 1. The number of hydrogen-bond donors (Lipinski definition) is 0. The highest BCUT2D eigenvalue weighted by atomic mass is 19.4. The van der Waals surface area contributed by atoms with E-state index in [1.54, 1.807) is 4.90 Å². The molecular formula is C18H23F3N2O3. The number of aromatic nitrogens is 1. The Labute approximate surface area is 150 Å². The summed E-state index contributed by atoms with van der Waals surface area (Å²) in [6, 6.07) is 2.30. The second-order valence-corrected chi connectivity index (χ2v) is 6.85. The molecule has 1 aromatic rings. The molecular weight excluding hydrogens is 349 g/mol. The van der Waals surface area contributed by atoms with Crippen LogP contribution in [0.3, 0.4) is 0 Å². The van der Waals surface area contributed by atoms with Gasteiger partial charge in [0.25, 0.3) is 0 Å². The molecule has 1 aromatic heterocycles. The van der Waals surface area contributed by atoms with E-state index in [1.165, 1.54) is 25.3 Å². The predicted octanol–water partition coefficient (Wildman–Crippen LogP) is 4.41. The number of carbonyl (C=O) groups is 1. The van der Waals surface area contributed by atoms with Gasteiger partial charge in [-0.05, 0) is 18.9 Å². The van der Waals surface area contributed by atoms with Gasteiger partial charge in [-0.15, -0.1) is 0 Å². The summed E-state index contributed by atoms with van der Waals surface area (Å²) in [5, 5.41) is 0. The van der Waals surface area contributed by atoms with Crippen LogP contribution in [-0.2, 0) is 10.9 Å². The largest absolute Gasteiger partial charge is 0.474 e. The maximum Gasteiger partial charge on any atom is 0.417 e. The fourth-order valence-electron chi connectivity index (χ4n) is 3.48. The molecule has 0 N–H and O–H groups in total. The standard InChI is InChI=1S/C18H23F3N2O3/c19-18(20,21)13-8-9-16(22-10-13)25-12-15-11-23(17(24)26-15)14-6-4-2-1-3-5-7-14/h8-10,14-15H,1-7,11-12H2/t15-/m1/s1. The van der Waals surface area contributed by atoms with Crippen LogP contribution >= 0.6 is 0 Å². The Hall–Kier alpha value is -1.99. The molecule has 1 amide bonds. The summed E-state index contributed by atoms with van der Waals surface area (Å²) in [5.41, 5.74) is -0.826. The molecule has 0 unspecified atom stereocenters. The van der Waals surface area contributed by atoms with Gasteiger partial charge in [0, 0.05) is 18.3 Å². The van der Waals surface area contributed by atoms with Crippen LogP contribution in [-0.4, -0.2) is 41.3 Å². The van der Waals surface area contributed by atoms with Crippen LogP contribution < -0.4 is 4.74 Å².